The van der Waals surface area contributed by atoms with Crippen LogP contribution in [0.4, 0.5) is 10.1 Å². The molecule has 2 aliphatic rings. The molecule has 1 saturated carbocycles. The summed E-state index contributed by atoms with van der Waals surface area (Å²) < 4.78 is 16.9. The number of carboxylic acids is 1. The van der Waals surface area contributed by atoms with Crippen molar-refractivity contribution in [1.82, 2.24) is 9.47 Å². The Hall–Kier alpha value is -2.12. The number of nitrogens with zero attached hydrogens (tertiary/aromatic N) is 3. The molecule has 2 heterocycles. The molecule has 1 N–H and O–H groups in total. The minimum absolute atomic E-state index is 0.0282. The van der Waals surface area contributed by atoms with Crippen molar-refractivity contribution >= 4 is 34.2 Å². The van der Waals surface area contributed by atoms with Crippen LogP contribution < -0.4 is 10.3 Å². The number of aromatic nitrogens is 1. The van der Waals surface area contributed by atoms with E-state index in [1.807, 2.05) is 19.0 Å². The van der Waals surface area contributed by atoms with Gasteiger partial charge in [-0.3, -0.25) is 4.79 Å². The van der Waals surface area contributed by atoms with Crippen molar-refractivity contribution in [3.63, 3.8) is 0 Å². The first-order valence-corrected chi connectivity index (χ1v) is 10.3. The Bertz CT molecular complexity index is 1050. The summed E-state index contributed by atoms with van der Waals surface area (Å²) >= 11 is 6.70. The van der Waals surface area contributed by atoms with Crippen LogP contribution in [0.2, 0.25) is 5.02 Å². The van der Waals surface area contributed by atoms with Crippen LogP contribution in [0.5, 0.6) is 0 Å². The maximum absolute atomic E-state index is 15.1. The monoisotopic (exact) mass is 421 g/mol. The van der Waals surface area contributed by atoms with Crippen molar-refractivity contribution in [2.45, 2.75) is 38.3 Å². The average molecular weight is 422 g/mol. The number of hydrogen-bond acceptors (Lipinski definition) is 4. The summed E-state index contributed by atoms with van der Waals surface area (Å²) in [5.74, 6) is -1.51. The molecule has 2 aromatic rings. The van der Waals surface area contributed by atoms with E-state index in [1.165, 1.54) is 6.20 Å². The fraction of sp³-hybridized carbons (Fsp3) is 0.524. The first kappa shape index (κ1) is 20.2. The predicted molar refractivity (Wildman–Crippen MR) is 112 cm³/mol. The molecular weight excluding hydrogens is 397 g/mol. The molecule has 0 spiro atoms. The van der Waals surface area contributed by atoms with Gasteiger partial charge >= 0.3 is 5.97 Å². The molecule has 1 aromatic heterocycles. The molecule has 6 nitrogen and oxygen atoms in total. The Balaban J connectivity index is 1.85. The van der Waals surface area contributed by atoms with Crippen LogP contribution in [0.1, 0.15) is 42.6 Å². The number of aromatic carboxylic acids is 1. The summed E-state index contributed by atoms with van der Waals surface area (Å²) in [7, 11) is 4.07. The highest BCUT2D eigenvalue weighted by atomic mass is 35.5. The van der Waals surface area contributed by atoms with Gasteiger partial charge < -0.3 is 19.5 Å². The van der Waals surface area contributed by atoms with Crippen LogP contribution >= 0.6 is 11.6 Å². The molecule has 2 fully saturated rings. The van der Waals surface area contributed by atoms with E-state index in [-0.39, 0.29) is 22.0 Å². The number of pyridine rings is 1. The van der Waals surface area contributed by atoms with Gasteiger partial charge in [-0.05, 0) is 52.3 Å². The largest absolute Gasteiger partial charge is 0.477 e. The van der Waals surface area contributed by atoms with Crippen molar-refractivity contribution in [3.8, 4) is 0 Å². The minimum atomic E-state index is -1.31. The normalized spacial score (nSPS) is 20.6. The number of hydrogen-bond donors (Lipinski definition) is 1. The molecule has 4 rings (SSSR count). The third-order valence-electron chi connectivity index (χ3n) is 6.39. The van der Waals surface area contributed by atoms with Gasteiger partial charge in [0.25, 0.3) is 0 Å². The molecule has 1 saturated heterocycles. The molecular formula is C21H25ClFN3O3. The summed E-state index contributed by atoms with van der Waals surface area (Å²) in [5.41, 5.74) is -0.305. The Morgan fingerprint density at radius 1 is 1.34 bits per heavy atom. The standard InChI is InChI=1S/C21H25ClFN3O3/c1-11(24(2)3)12-6-7-25(9-12)19-16(23)8-14-18(17(19)22)26(13-4-5-13)10-15(20(14)27)21(28)29/h8,10-13H,4-7,9H2,1-3H3,(H,28,29). The fourth-order valence-electron chi connectivity index (χ4n) is 4.32. The molecule has 2 unspecified atom stereocenters. The van der Waals surface area contributed by atoms with E-state index in [1.54, 1.807) is 4.57 Å². The molecule has 29 heavy (non-hydrogen) atoms. The molecule has 1 aliphatic heterocycles. The number of anilines is 1. The number of benzene rings is 1. The van der Waals surface area contributed by atoms with Gasteiger partial charge in [-0.1, -0.05) is 11.6 Å². The first-order valence-electron chi connectivity index (χ1n) is 9.92. The Kier molecular flexibility index (Phi) is 5.07. The van der Waals surface area contributed by atoms with E-state index in [2.05, 4.69) is 11.8 Å². The van der Waals surface area contributed by atoms with Gasteiger partial charge in [-0.15, -0.1) is 0 Å². The van der Waals surface area contributed by atoms with E-state index in [9.17, 15) is 14.7 Å². The van der Waals surface area contributed by atoms with Gasteiger partial charge in [-0.2, -0.15) is 0 Å². The highest BCUT2D eigenvalue weighted by molar-refractivity contribution is 6.38. The van der Waals surface area contributed by atoms with Gasteiger partial charge in [0.05, 0.1) is 21.6 Å². The van der Waals surface area contributed by atoms with E-state index in [0.717, 1.165) is 25.3 Å². The van der Waals surface area contributed by atoms with Crippen LogP contribution in [-0.4, -0.2) is 53.8 Å². The summed E-state index contributed by atoms with van der Waals surface area (Å²) in [5, 5.41) is 9.61. The molecule has 8 heteroatoms. The minimum Gasteiger partial charge on any atom is -0.477 e. The number of carbonyl (C=O) groups is 1. The summed E-state index contributed by atoms with van der Waals surface area (Å²) in [6.45, 7) is 3.53. The van der Waals surface area contributed by atoms with Gasteiger partial charge in [0.1, 0.15) is 11.4 Å². The van der Waals surface area contributed by atoms with Crippen LogP contribution in [0.25, 0.3) is 10.9 Å². The summed E-state index contributed by atoms with van der Waals surface area (Å²) in [4.78, 5) is 28.3. The average Bonchev–Trinajstić information content (AvgIpc) is 3.39. The van der Waals surface area contributed by atoms with Crippen molar-refractivity contribution in [2.24, 2.45) is 5.92 Å². The maximum atomic E-state index is 15.1. The highest BCUT2D eigenvalue weighted by Gasteiger charge is 2.33. The second kappa shape index (κ2) is 7.29. The van der Waals surface area contributed by atoms with Crippen molar-refractivity contribution in [1.29, 1.82) is 0 Å². The molecule has 2 atom stereocenters. The number of carboxylic acid groups (broad SMARTS) is 1. The molecule has 1 aliphatic carbocycles. The van der Waals surface area contributed by atoms with E-state index in [4.69, 9.17) is 11.6 Å². The first-order chi connectivity index (χ1) is 13.7. The van der Waals surface area contributed by atoms with Crippen molar-refractivity contribution in [2.75, 3.05) is 32.1 Å². The Labute approximate surface area is 173 Å². The third-order valence-corrected chi connectivity index (χ3v) is 6.75. The van der Waals surface area contributed by atoms with Gasteiger partial charge in [0, 0.05) is 31.4 Å². The van der Waals surface area contributed by atoms with Crippen molar-refractivity contribution in [3.05, 3.63) is 38.9 Å². The topological polar surface area (TPSA) is 65.8 Å². The predicted octanol–water partition coefficient (Wildman–Crippen LogP) is 3.60. The second-order valence-electron chi connectivity index (χ2n) is 8.43. The highest BCUT2D eigenvalue weighted by Crippen LogP contribution is 2.43. The number of halogens is 2. The zero-order chi connectivity index (χ0) is 21.0. The number of rotatable bonds is 5. The van der Waals surface area contributed by atoms with Crippen LogP contribution in [0.3, 0.4) is 0 Å². The molecule has 0 bridgehead atoms. The Morgan fingerprint density at radius 2 is 2.03 bits per heavy atom. The Morgan fingerprint density at radius 3 is 2.62 bits per heavy atom. The van der Waals surface area contributed by atoms with Crippen LogP contribution in [-0.2, 0) is 0 Å². The van der Waals surface area contributed by atoms with Gasteiger partial charge in [0.2, 0.25) is 5.43 Å². The lowest BCUT2D eigenvalue weighted by Crippen LogP contribution is -2.34. The SMILES string of the molecule is CC(C1CCN(c2c(F)cc3c(=O)c(C(=O)O)cn(C4CC4)c3c2Cl)C1)N(C)C. The lowest BCUT2D eigenvalue weighted by Gasteiger charge is -2.27. The molecule has 1 aromatic carbocycles. The zero-order valence-electron chi connectivity index (χ0n) is 16.8. The van der Waals surface area contributed by atoms with Crippen LogP contribution in [0, 0.1) is 11.7 Å². The third kappa shape index (κ3) is 3.40. The van der Waals surface area contributed by atoms with Crippen molar-refractivity contribution < 1.29 is 14.3 Å². The van der Waals surface area contributed by atoms with E-state index >= 15 is 4.39 Å². The molecule has 0 amide bonds. The smallest absolute Gasteiger partial charge is 0.341 e. The summed E-state index contributed by atoms with van der Waals surface area (Å²) in [6.07, 6.45) is 4.05. The quantitative estimate of drug-likeness (QED) is 0.799. The molecule has 0 radical (unpaired) electrons. The van der Waals surface area contributed by atoms with Gasteiger partial charge in [0.15, 0.2) is 0 Å². The lowest BCUT2D eigenvalue weighted by atomic mass is 10.00. The molecule has 156 valence electrons. The van der Waals surface area contributed by atoms with Gasteiger partial charge in [-0.25, -0.2) is 9.18 Å². The lowest BCUT2D eigenvalue weighted by molar-refractivity contribution is 0.0695. The summed E-state index contributed by atoms with van der Waals surface area (Å²) in [6, 6.07) is 1.60. The zero-order valence-corrected chi connectivity index (χ0v) is 17.5. The fourth-order valence-corrected chi connectivity index (χ4v) is 4.73. The van der Waals surface area contributed by atoms with Crippen LogP contribution in [0.15, 0.2) is 17.1 Å². The van der Waals surface area contributed by atoms with E-state index < -0.39 is 17.2 Å². The maximum Gasteiger partial charge on any atom is 0.341 e. The number of fused-ring (bicyclic) bond motifs is 1. The second-order valence-corrected chi connectivity index (χ2v) is 8.81. The van der Waals surface area contributed by atoms with E-state index in [0.29, 0.717) is 36.3 Å².